The lowest BCUT2D eigenvalue weighted by atomic mass is 10.1. The van der Waals surface area contributed by atoms with Crippen LogP contribution in [-0.4, -0.2) is 30.5 Å². The maximum absolute atomic E-state index is 12.0. The zero-order valence-electron chi connectivity index (χ0n) is 8.97. The highest BCUT2D eigenvalue weighted by atomic mass is 32.1. The predicted molar refractivity (Wildman–Crippen MR) is 66.4 cm³/mol. The van der Waals surface area contributed by atoms with Crippen LogP contribution in [0.1, 0.15) is 10.4 Å². The third-order valence-electron chi connectivity index (χ3n) is 1.91. The highest BCUT2D eigenvalue weighted by Gasteiger charge is 2.10. The molecule has 80 valence electrons. The number of ketones is 1. The van der Waals surface area contributed by atoms with Gasteiger partial charge in [-0.2, -0.15) is 12.6 Å². The fourth-order valence-corrected chi connectivity index (χ4v) is 1.48. The SMILES string of the molecule is CN(C)/C=C(\CS)C(=O)c1ccccc1. The Morgan fingerprint density at radius 1 is 1.33 bits per heavy atom. The van der Waals surface area contributed by atoms with Gasteiger partial charge in [-0.1, -0.05) is 30.3 Å². The number of carbonyl (C=O) groups excluding carboxylic acids is 1. The summed E-state index contributed by atoms with van der Waals surface area (Å²) in [6.07, 6.45) is 1.81. The maximum atomic E-state index is 12.0. The van der Waals surface area contributed by atoms with Gasteiger partial charge >= 0.3 is 0 Å². The Labute approximate surface area is 96.0 Å². The molecule has 0 N–H and O–H groups in total. The molecule has 0 fully saturated rings. The van der Waals surface area contributed by atoms with Gasteiger partial charge in [-0.05, 0) is 0 Å². The number of nitrogens with zero attached hydrogens (tertiary/aromatic N) is 1. The van der Waals surface area contributed by atoms with Crippen molar-refractivity contribution in [3.63, 3.8) is 0 Å². The van der Waals surface area contributed by atoms with Crippen LogP contribution in [-0.2, 0) is 0 Å². The van der Waals surface area contributed by atoms with Crippen molar-refractivity contribution in [3.05, 3.63) is 47.7 Å². The van der Waals surface area contributed by atoms with Crippen LogP contribution in [0.5, 0.6) is 0 Å². The Hall–Kier alpha value is -1.22. The number of rotatable bonds is 4. The van der Waals surface area contributed by atoms with Crippen LogP contribution < -0.4 is 0 Å². The molecule has 0 amide bonds. The van der Waals surface area contributed by atoms with Crippen molar-refractivity contribution in [3.8, 4) is 0 Å². The number of hydrogen-bond donors (Lipinski definition) is 1. The summed E-state index contributed by atoms with van der Waals surface area (Å²) in [5.74, 6) is 0.491. The molecule has 0 radical (unpaired) electrons. The first-order chi connectivity index (χ1) is 7.15. The van der Waals surface area contributed by atoms with Gasteiger partial charge in [-0.15, -0.1) is 0 Å². The van der Waals surface area contributed by atoms with E-state index in [0.29, 0.717) is 16.9 Å². The minimum atomic E-state index is 0.0410. The summed E-state index contributed by atoms with van der Waals surface area (Å²) in [7, 11) is 3.78. The van der Waals surface area contributed by atoms with Crippen LogP contribution in [0.3, 0.4) is 0 Å². The third kappa shape index (κ3) is 3.44. The van der Waals surface area contributed by atoms with Crippen molar-refractivity contribution in [2.24, 2.45) is 0 Å². The Bertz CT molecular complexity index is 357. The van der Waals surface area contributed by atoms with E-state index >= 15 is 0 Å². The quantitative estimate of drug-likeness (QED) is 0.478. The Morgan fingerprint density at radius 2 is 1.93 bits per heavy atom. The molecule has 0 spiro atoms. The summed E-state index contributed by atoms with van der Waals surface area (Å²) in [5, 5.41) is 0. The fourth-order valence-electron chi connectivity index (χ4n) is 1.26. The lowest BCUT2D eigenvalue weighted by Crippen LogP contribution is -2.10. The van der Waals surface area contributed by atoms with Crippen molar-refractivity contribution in [2.45, 2.75) is 0 Å². The van der Waals surface area contributed by atoms with Crippen molar-refractivity contribution in [1.82, 2.24) is 4.90 Å². The monoisotopic (exact) mass is 221 g/mol. The van der Waals surface area contributed by atoms with E-state index in [9.17, 15) is 4.79 Å². The fraction of sp³-hybridized carbons (Fsp3) is 0.250. The van der Waals surface area contributed by atoms with E-state index < -0.39 is 0 Å². The molecule has 3 heteroatoms. The van der Waals surface area contributed by atoms with Gasteiger partial charge in [-0.3, -0.25) is 4.79 Å². The molecule has 1 aromatic carbocycles. The van der Waals surface area contributed by atoms with Crippen molar-refractivity contribution < 1.29 is 4.79 Å². The Morgan fingerprint density at radius 3 is 2.40 bits per heavy atom. The second kappa shape index (κ2) is 5.61. The van der Waals surface area contributed by atoms with Crippen molar-refractivity contribution >= 4 is 18.4 Å². The molecule has 0 aromatic heterocycles. The molecule has 0 aliphatic carbocycles. The summed E-state index contributed by atoms with van der Waals surface area (Å²) < 4.78 is 0. The van der Waals surface area contributed by atoms with Gasteiger partial charge in [0.2, 0.25) is 0 Å². The van der Waals surface area contributed by atoms with E-state index in [2.05, 4.69) is 12.6 Å². The van der Waals surface area contributed by atoms with Crippen LogP contribution in [0.15, 0.2) is 42.1 Å². The highest BCUT2D eigenvalue weighted by Crippen LogP contribution is 2.09. The van der Waals surface area contributed by atoms with E-state index in [0.717, 1.165) is 0 Å². The van der Waals surface area contributed by atoms with Crippen molar-refractivity contribution in [1.29, 1.82) is 0 Å². The number of thiol groups is 1. The van der Waals surface area contributed by atoms with Gasteiger partial charge in [0.25, 0.3) is 0 Å². The zero-order valence-corrected chi connectivity index (χ0v) is 9.87. The van der Waals surface area contributed by atoms with E-state index in [1.165, 1.54) is 0 Å². The van der Waals surface area contributed by atoms with E-state index in [-0.39, 0.29) is 5.78 Å². The van der Waals surface area contributed by atoms with E-state index in [1.807, 2.05) is 55.5 Å². The molecule has 0 unspecified atom stereocenters. The summed E-state index contributed by atoms with van der Waals surface area (Å²) in [6, 6.07) is 9.25. The predicted octanol–water partition coefficient (Wildman–Crippen LogP) is 2.24. The molecule has 15 heavy (non-hydrogen) atoms. The molecule has 0 heterocycles. The molecule has 0 atom stereocenters. The molecule has 1 aromatic rings. The molecule has 0 bridgehead atoms. The second-order valence-corrected chi connectivity index (χ2v) is 3.79. The normalized spacial score (nSPS) is 11.3. The summed E-state index contributed by atoms with van der Waals surface area (Å²) >= 11 is 4.16. The molecule has 0 aliphatic rings. The van der Waals surface area contributed by atoms with E-state index in [1.54, 1.807) is 0 Å². The Kier molecular flexibility index (Phi) is 4.43. The van der Waals surface area contributed by atoms with Gasteiger partial charge in [-0.25, -0.2) is 0 Å². The molecule has 0 saturated carbocycles. The molecule has 2 nitrogen and oxygen atoms in total. The van der Waals surface area contributed by atoms with Gasteiger partial charge in [0, 0.05) is 37.2 Å². The first-order valence-corrected chi connectivity index (χ1v) is 5.36. The second-order valence-electron chi connectivity index (χ2n) is 3.47. The zero-order chi connectivity index (χ0) is 11.3. The third-order valence-corrected chi connectivity index (χ3v) is 2.25. The first-order valence-electron chi connectivity index (χ1n) is 4.73. The van der Waals surface area contributed by atoms with Gasteiger partial charge < -0.3 is 4.90 Å². The minimum Gasteiger partial charge on any atom is -0.383 e. The average Bonchev–Trinajstić information content (AvgIpc) is 2.26. The maximum Gasteiger partial charge on any atom is 0.191 e. The van der Waals surface area contributed by atoms with E-state index in [4.69, 9.17) is 0 Å². The molecular weight excluding hydrogens is 206 g/mol. The van der Waals surface area contributed by atoms with Gasteiger partial charge in [0.1, 0.15) is 0 Å². The summed E-state index contributed by atoms with van der Waals surface area (Å²) in [5.41, 5.74) is 1.41. The van der Waals surface area contributed by atoms with Crippen LogP contribution in [0, 0.1) is 0 Å². The summed E-state index contributed by atoms with van der Waals surface area (Å²) in [6.45, 7) is 0. The van der Waals surface area contributed by atoms with Crippen LogP contribution >= 0.6 is 12.6 Å². The lowest BCUT2D eigenvalue weighted by molar-refractivity contribution is 0.103. The highest BCUT2D eigenvalue weighted by molar-refractivity contribution is 7.80. The van der Waals surface area contributed by atoms with Gasteiger partial charge in [0.15, 0.2) is 5.78 Å². The van der Waals surface area contributed by atoms with Gasteiger partial charge in [0.05, 0.1) is 0 Å². The number of Topliss-reactive ketones (excluding diaryl/α,β-unsaturated/α-hetero) is 1. The molecule has 0 saturated heterocycles. The van der Waals surface area contributed by atoms with Crippen LogP contribution in [0.4, 0.5) is 0 Å². The number of hydrogen-bond acceptors (Lipinski definition) is 3. The Balaban J connectivity index is 2.93. The largest absolute Gasteiger partial charge is 0.383 e. The van der Waals surface area contributed by atoms with Crippen LogP contribution in [0.25, 0.3) is 0 Å². The first kappa shape index (κ1) is 11.9. The number of carbonyl (C=O) groups is 1. The summed E-state index contributed by atoms with van der Waals surface area (Å²) in [4.78, 5) is 13.8. The topological polar surface area (TPSA) is 20.3 Å². The number of benzene rings is 1. The standard InChI is InChI=1S/C12H15NOS/c1-13(2)8-11(9-15)12(14)10-6-4-3-5-7-10/h3-8,15H,9H2,1-2H3/b11-8+. The lowest BCUT2D eigenvalue weighted by Gasteiger charge is -2.09. The average molecular weight is 221 g/mol. The van der Waals surface area contributed by atoms with Crippen molar-refractivity contribution in [2.75, 3.05) is 19.8 Å². The smallest absolute Gasteiger partial charge is 0.191 e. The van der Waals surface area contributed by atoms with Crippen LogP contribution in [0.2, 0.25) is 0 Å². The molecule has 1 rings (SSSR count). The molecule has 0 aliphatic heterocycles. The minimum absolute atomic E-state index is 0.0410. The molecular formula is C12H15NOS.